The van der Waals surface area contributed by atoms with Gasteiger partial charge in [-0.1, -0.05) is 18.2 Å². The van der Waals surface area contributed by atoms with E-state index in [1.165, 1.54) is 29.6 Å². The van der Waals surface area contributed by atoms with Gasteiger partial charge in [-0.25, -0.2) is 4.79 Å². The normalized spacial score (nSPS) is 24.9. The van der Waals surface area contributed by atoms with E-state index in [9.17, 15) is 38.0 Å². The molecule has 1 aromatic heterocycles. The Labute approximate surface area is 165 Å². The molecule has 1 aromatic carbocycles. The number of benzene rings is 1. The van der Waals surface area contributed by atoms with Crippen LogP contribution in [0.2, 0.25) is 0 Å². The number of aliphatic hydroxyl groups is 1. The van der Waals surface area contributed by atoms with Crippen LogP contribution < -0.4 is 5.32 Å². The van der Waals surface area contributed by atoms with Gasteiger partial charge in [-0.2, -0.15) is 13.2 Å². The number of nitrogens with one attached hydrogen (secondary N) is 1. The molecule has 2 aromatic rings. The number of amides is 2. The summed E-state index contributed by atoms with van der Waals surface area (Å²) in [6.07, 6.45) is -5.38. The van der Waals surface area contributed by atoms with Crippen molar-refractivity contribution < 1.29 is 32.8 Å². The molecule has 12 heteroatoms. The van der Waals surface area contributed by atoms with Crippen molar-refractivity contribution in [1.29, 1.82) is 0 Å². The minimum atomic E-state index is -5.38. The topological polar surface area (TPSA) is 113 Å². The molecule has 0 radical (unpaired) electrons. The SMILES string of the molecule is CN1C(=O)N[C@H](c2cccc([N+](=O)[O-])c2)[C@H](C(=O)c2cccs2)[C@@]1(O)C(F)(F)F. The standard InChI is InChI=1S/C17H14F3N3O5S/c1-22-15(25)21-13(9-4-2-5-10(8-9)23(27)28)12(16(22,26)17(18,19)20)14(24)11-6-3-7-29-11/h2-8,12-13,26H,1H3,(H,21,25)/t12-,13-,16-/m1/s1. The van der Waals surface area contributed by atoms with Crippen LogP contribution in [0.1, 0.15) is 21.3 Å². The maximum absolute atomic E-state index is 14.0. The second kappa shape index (κ2) is 7.12. The number of thiophene rings is 1. The van der Waals surface area contributed by atoms with Crippen molar-refractivity contribution in [3.05, 3.63) is 62.3 Å². The maximum atomic E-state index is 14.0. The molecule has 1 aliphatic rings. The molecular formula is C17H14F3N3O5S. The Morgan fingerprint density at radius 2 is 2.03 bits per heavy atom. The first-order chi connectivity index (χ1) is 13.5. The van der Waals surface area contributed by atoms with Gasteiger partial charge < -0.3 is 10.4 Å². The van der Waals surface area contributed by atoms with Gasteiger partial charge in [-0.3, -0.25) is 19.8 Å². The molecule has 1 fully saturated rings. The highest BCUT2D eigenvalue weighted by molar-refractivity contribution is 7.12. The van der Waals surface area contributed by atoms with Gasteiger partial charge in [0.15, 0.2) is 5.78 Å². The van der Waals surface area contributed by atoms with Crippen molar-refractivity contribution >= 4 is 28.8 Å². The van der Waals surface area contributed by atoms with E-state index in [1.54, 1.807) is 0 Å². The van der Waals surface area contributed by atoms with Crippen molar-refractivity contribution in [1.82, 2.24) is 10.2 Å². The summed E-state index contributed by atoms with van der Waals surface area (Å²) in [7, 11) is 0.723. The van der Waals surface area contributed by atoms with E-state index in [1.807, 2.05) is 0 Å². The lowest BCUT2D eigenvalue weighted by molar-refractivity contribution is -0.385. The van der Waals surface area contributed by atoms with E-state index in [2.05, 4.69) is 5.32 Å². The molecule has 154 valence electrons. The van der Waals surface area contributed by atoms with Crippen LogP contribution >= 0.6 is 11.3 Å². The molecule has 0 aliphatic carbocycles. The molecule has 8 nitrogen and oxygen atoms in total. The Kier molecular flexibility index (Phi) is 5.09. The van der Waals surface area contributed by atoms with E-state index in [4.69, 9.17) is 0 Å². The lowest BCUT2D eigenvalue weighted by atomic mass is 9.78. The number of hydrogen-bond donors (Lipinski definition) is 2. The van der Waals surface area contributed by atoms with Crippen molar-refractivity contribution in [2.45, 2.75) is 17.9 Å². The first kappa shape index (κ1) is 20.7. The molecule has 2 amide bonds. The summed E-state index contributed by atoms with van der Waals surface area (Å²) in [6, 6.07) is 4.36. The smallest absolute Gasteiger partial charge is 0.363 e. The highest BCUT2D eigenvalue weighted by Gasteiger charge is 2.69. The number of carbonyl (C=O) groups is 2. The van der Waals surface area contributed by atoms with Crippen LogP contribution in [0.4, 0.5) is 23.7 Å². The summed E-state index contributed by atoms with van der Waals surface area (Å²) < 4.78 is 41.9. The highest BCUT2D eigenvalue weighted by atomic mass is 32.1. The number of Topliss-reactive ketones (excluding diaryl/α,β-unsaturated/α-hetero) is 1. The molecule has 1 saturated heterocycles. The third-order valence-electron chi connectivity index (χ3n) is 4.77. The van der Waals surface area contributed by atoms with Gasteiger partial charge in [0.2, 0.25) is 0 Å². The van der Waals surface area contributed by atoms with Gasteiger partial charge >= 0.3 is 12.2 Å². The lowest BCUT2D eigenvalue weighted by Crippen LogP contribution is -2.72. The molecule has 0 unspecified atom stereocenters. The molecule has 29 heavy (non-hydrogen) atoms. The molecule has 3 rings (SSSR count). The number of halogens is 3. The van der Waals surface area contributed by atoms with Crippen molar-refractivity contribution in [3.63, 3.8) is 0 Å². The number of urea groups is 1. The van der Waals surface area contributed by atoms with Gasteiger partial charge in [0, 0.05) is 19.2 Å². The Balaban J connectivity index is 2.22. The monoisotopic (exact) mass is 429 g/mol. The van der Waals surface area contributed by atoms with Crippen molar-refractivity contribution in [2.24, 2.45) is 5.92 Å². The van der Waals surface area contributed by atoms with E-state index in [0.29, 0.717) is 0 Å². The number of non-ortho nitro benzene ring substituents is 1. The second-order valence-corrected chi connectivity index (χ2v) is 7.33. The van der Waals surface area contributed by atoms with Crippen LogP contribution in [0.5, 0.6) is 0 Å². The number of rotatable bonds is 4. The highest BCUT2D eigenvalue weighted by Crippen LogP contribution is 2.48. The Hall–Kier alpha value is -2.99. The lowest BCUT2D eigenvalue weighted by Gasteiger charge is -2.49. The number of hydrogen-bond acceptors (Lipinski definition) is 6. The van der Waals surface area contributed by atoms with Crippen LogP contribution in [-0.2, 0) is 0 Å². The summed E-state index contributed by atoms with van der Waals surface area (Å²) >= 11 is 0.876. The van der Waals surface area contributed by atoms with Gasteiger partial charge in [0.05, 0.1) is 15.8 Å². The second-order valence-electron chi connectivity index (χ2n) is 6.38. The predicted molar refractivity (Wildman–Crippen MR) is 95.3 cm³/mol. The van der Waals surface area contributed by atoms with Crippen LogP contribution in [-0.4, -0.2) is 45.7 Å². The van der Waals surface area contributed by atoms with Gasteiger partial charge in [-0.05, 0) is 17.0 Å². The molecule has 0 spiro atoms. The summed E-state index contributed by atoms with van der Waals surface area (Å²) in [5.41, 5.74) is -4.38. The Morgan fingerprint density at radius 3 is 2.59 bits per heavy atom. The van der Waals surface area contributed by atoms with Gasteiger partial charge in [0.25, 0.3) is 11.4 Å². The third kappa shape index (κ3) is 3.34. The molecule has 2 N–H and O–H groups in total. The number of nitro benzene ring substituents is 1. The number of ketones is 1. The molecule has 3 atom stereocenters. The zero-order valence-corrected chi connectivity index (χ0v) is 15.5. The van der Waals surface area contributed by atoms with Gasteiger partial charge in [0.1, 0.15) is 5.92 Å². The molecule has 0 bridgehead atoms. The molecular weight excluding hydrogens is 415 g/mol. The van der Waals surface area contributed by atoms with E-state index in [-0.39, 0.29) is 15.3 Å². The van der Waals surface area contributed by atoms with E-state index >= 15 is 0 Å². The largest absolute Gasteiger partial charge is 0.437 e. The van der Waals surface area contributed by atoms with Crippen LogP contribution in [0.3, 0.4) is 0 Å². The molecule has 1 aliphatic heterocycles. The fraction of sp³-hybridized carbons (Fsp3) is 0.294. The Morgan fingerprint density at radius 1 is 1.34 bits per heavy atom. The minimum Gasteiger partial charge on any atom is -0.363 e. The summed E-state index contributed by atoms with van der Waals surface area (Å²) in [5, 5.41) is 25.5. The fourth-order valence-electron chi connectivity index (χ4n) is 3.29. The van der Waals surface area contributed by atoms with Crippen molar-refractivity contribution in [3.8, 4) is 0 Å². The van der Waals surface area contributed by atoms with Crippen LogP contribution in [0.25, 0.3) is 0 Å². The van der Waals surface area contributed by atoms with Crippen LogP contribution in [0, 0.1) is 16.0 Å². The quantitative estimate of drug-likeness (QED) is 0.441. The summed E-state index contributed by atoms with van der Waals surface area (Å²) in [6.45, 7) is 0. The predicted octanol–water partition coefficient (Wildman–Crippen LogP) is 3.10. The van der Waals surface area contributed by atoms with Crippen LogP contribution in [0.15, 0.2) is 41.8 Å². The Bertz CT molecular complexity index is 965. The molecule has 2 heterocycles. The average Bonchev–Trinajstić information content (AvgIpc) is 3.19. The third-order valence-corrected chi connectivity index (χ3v) is 5.65. The van der Waals surface area contributed by atoms with E-state index in [0.717, 1.165) is 30.5 Å². The zero-order chi connectivity index (χ0) is 21.6. The fourth-order valence-corrected chi connectivity index (χ4v) is 3.99. The summed E-state index contributed by atoms with van der Waals surface area (Å²) in [5.74, 6) is -3.26. The minimum absolute atomic E-state index is 0.0248. The number of nitro groups is 1. The zero-order valence-electron chi connectivity index (χ0n) is 14.7. The first-order valence-electron chi connectivity index (χ1n) is 8.14. The molecule has 0 saturated carbocycles. The average molecular weight is 429 g/mol. The van der Waals surface area contributed by atoms with Crippen molar-refractivity contribution in [2.75, 3.05) is 7.05 Å². The number of carbonyl (C=O) groups excluding carboxylic acids is 2. The maximum Gasteiger partial charge on any atom is 0.437 e. The number of alkyl halides is 3. The number of nitrogens with zero attached hydrogens (tertiary/aromatic N) is 2. The van der Waals surface area contributed by atoms with Gasteiger partial charge in [-0.15, -0.1) is 11.3 Å². The van der Waals surface area contributed by atoms with E-state index < -0.39 is 46.3 Å². The first-order valence-corrected chi connectivity index (χ1v) is 9.02. The summed E-state index contributed by atoms with van der Waals surface area (Å²) in [4.78, 5) is 35.5.